The first-order chi connectivity index (χ1) is 15.3. The Labute approximate surface area is 181 Å². The maximum absolute atomic E-state index is 13.0. The van der Waals surface area contributed by atoms with Crippen LogP contribution < -0.4 is 9.64 Å². The zero-order valence-electron chi connectivity index (χ0n) is 16.9. The van der Waals surface area contributed by atoms with Crippen molar-refractivity contribution in [1.82, 2.24) is 4.90 Å². The van der Waals surface area contributed by atoms with Crippen LogP contribution in [0.4, 0.5) is 23.2 Å². The summed E-state index contributed by atoms with van der Waals surface area (Å²) in [5, 5.41) is 0. The van der Waals surface area contributed by atoms with Crippen LogP contribution in [0.15, 0.2) is 65.1 Å². The normalized spacial score (nSPS) is 14.5. The van der Waals surface area contributed by atoms with Crippen LogP contribution in [0.25, 0.3) is 0 Å². The molecule has 0 atom stereocenters. The number of carbonyl (C=O) groups is 1. The number of benzene rings is 2. The van der Waals surface area contributed by atoms with Gasteiger partial charge in [-0.05, 0) is 54.6 Å². The summed E-state index contributed by atoms with van der Waals surface area (Å²) in [5.41, 5.74) is -0.218. The van der Waals surface area contributed by atoms with Crippen molar-refractivity contribution in [2.45, 2.75) is 12.8 Å². The number of alkyl halides is 3. The molecule has 0 N–H and O–H groups in total. The minimum Gasteiger partial charge on any atom is -0.486 e. The van der Waals surface area contributed by atoms with Crippen LogP contribution in [0.1, 0.15) is 21.9 Å². The third kappa shape index (κ3) is 5.04. The maximum atomic E-state index is 13.0. The molecule has 1 saturated heterocycles. The molecule has 1 aromatic heterocycles. The molecule has 168 valence electrons. The molecular weight excluding hydrogens is 428 g/mol. The third-order valence-corrected chi connectivity index (χ3v) is 5.17. The predicted octanol–water partition coefficient (Wildman–Crippen LogP) is 4.98. The number of rotatable bonds is 5. The Kier molecular flexibility index (Phi) is 6.07. The maximum Gasteiger partial charge on any atom is 0.416 e. The highest BCUT2D eigenvalue weighted by Gasteiger charge is 2.31. The van der Waals surface area contributed by atoms with Gasteiger partial charge in [0.1, 0.15) is 23.9 Å². The number of carbonyl (C=O) groups excluding carboxylic acids is 1. The lowest BCUT2D eigenvalue weighted by Crippen LogP contribution is -2.48. The number of anilines is 1. The first-order valence-electron chi connectivity index (χ1n) is 9.98. The summed E-state index contributed by atoms with van der Waals surface area (Å²) < 4.78 is 62.9. The van der Waals surface area contributed by atoms with Gasteiger partial charge in [-0.25, -0.2) is 4.39 Å². The first kappa shape index (κ1) is 21.7. The molecule has 32 heavy (non-hydrogen) atoms. The fourth-order valence-electron chi connectivity index (χ4n) is 3.46. The zero-order chi connectivity index (χ0) is 22.7. The summed E-state index contributed by atoms with van der Waals surface area (Å²) in [6, 6.07) is 13.9. The zero-order valence-corrected chi connectivity index (χ0v) is 16.9. The molecule has 0 radical (unpaired) electrons. The van der Waals surface area contributed by atoms with Gasteiger partial charge in [0.2, 0.25) is 0 Å². The topological polar surface area (TPSA) is 45.9 Å². The van der Waals surface area contributed by atoms with Crippen LogP contribution >= 0.6 is 0 Å². The molecule has 0 saturated carbocycles. The fraction of sp³-hybridized carbons (Fsp3) is 0.261. The van der Waals surface area contributed by atoms with Gasteiger partial charge in [-0.2, -0.15) is 13.2 Å². The molecule has 0 bridgehead atoms. The van der Waals surface area contributed by atoms with Gasteiger partial charge in [-0.15, -0.1) is 0 Å². The molecule has 2 heterocycles. The quantitative estimate of drug-likeness (QED) is 0.517. The van der Waals surface area contributed by atoms with Gasteiger partial charge in [0, 0.05) is 31.9 Å². The van der Waals surface area contributed by atoms with E-state index in [1.807, 2.05) is 4.90 Å². The Balaban J connectivity index is 1.32. The van der Waals surface area contributed by atoms with Crippen molar-refractivity contribution in [2.75, 3.05) is 31.1 Å². The second-order valence-electron chi connectivity index (χ2n) is 7.34. The van der Waals surface area contributed by atoms with E-state index in [0.717, 1.165) is 12.1 Å². The van der Waals surface area contributed by atoms with E-state index in [2.05, 4.69) is 0 Å². The van der Waals surface area contributed by atoms with Gasteiger partial charge < -0.3 is 19.0 Å². The lowest BCUT2D eigenvalue weighted by molar-refractivity contribution is -0.137. The van der Waals surface area contributed by atoms with Crippen LogP contribution in [-0.2, 0) is 12.8 Å². The van der Waals surface area contributed by atoms with Gasteiger partial charge in [0.15, 0.2) is 5.76 Å². The first-order valence-corrected chi connectivity index (χ1v) is 9.98. The number of halogens is 4. The molecular formula is C23H20F4N2O3. The van der Waals surface area contributed by atoms with E-state index in [1.54, 1.807) is 23.1 Å². The SMILES string of the molecule is O=C(c1ccc(COc2ccc(F)cc2)o1)N1CCN(c2cccc(C(F)(F)F)c2)CC1. The fourth-order valence-corrected chi connectivity index (χ4v) is 3.46. The van der Waals surface area contributed by atoms with Crippen LogP contribution in [0.3, 0.4) is 0 Å². The van der Waals surface area contributed by atoms with Gasteiger partial charge in [0.25, 0.3) is 5.91 Å². The molecule has 0 unspecified atom stereocenters. The lowest BCUT2D eigenvalue weighted by atomic mass is 10.1. The minimum atomic E-state index is -4.40. The molecule has 0 spiro atoms. The Bertz CT molecular complexity index is 1070. The lowest BCUT2D eigenvalue weighted by Gasteiger charge is -2.36. The average molecular weight is 448 g/mol. The summed E-state index contributed by atoms with van der Waals surface area (Å²) in [5.74, 6) is 0.426. The molecule has 9 heteroatoms. The van der Waals surface area contributed by atoms with Crippen LogP contribution in [0.2, 0.25) is 0 Å². The van der Waals surface area contributed by atoms with Crippen LogP contribution in [-0.4, -0.2) is 37.0 Å². The molecule has 2 aromatic carbocycles. The van der Waals surface area contributed by atoms with Crippen molar-refractivity contribution >= 4 is 11.6 Å². The molecule has 1 amide bonds. The van der Waals surface area contributed by atoms with Crippen LogP contribution in [0.5, 0.6) is 5.75 Å². The number of hydrogen-bond acceptors (Lipinski definition) is 4. The van der Waals surface area contributed by atoms with Gasteiger partial charge >= 0.3 is 6.18 Å². The van der Waals surface area contributed by atoms with Crippen molar-refractivity contribution in [3.05, 3.63) is 83.6 Å². The van der Waals surface area contributed by atoms with Crippen molar-refractivity contribution in [1.29, 1.82) is 0 Å². The second kappa shape index (κ2) is 8.94. The van der Waals surface area contributed by atoms with E-state index in [9.17, 15) is 22.4 Å². The summed E-state index contributed by atoms with van der Waals surface area (Å²) in [7, 11) is 0. The Morgan fingerprint density at radius 2 is 1.69 bits per heavy atom. The third-order valence-electron chi connectivity index (χ3n) is 5.17. The molecule has 4 rings (SSSR count). The van der Waals surface area contributed by atoms with Crippen LogP contribution in [0, 0.1) is 5.82 Å². The predicted molar refractivity (Wildman–Crippen MR) is 109 cm³/mol. The number of ether oxygens (including phenoxy) is 1. The summed E-state index contributed by atoms with van der Waals surface area (Å²) in [4.78, 5) is 16.2. The van der Waals surface area contributed by atoms with Crippen molar-refractivity contribution in [3.8, 4) is 5.75 Å². The Hall–Kier alpha value is -3.49. The number of furan rings is 1. The molecule has 5 nitrogen and oxygen atoms in total. The van der Waals surface area contributed by atoms with Crippen molar-refractivity contribution in [2.24, 2.45) is 0 Å². The summed E-state index contributed by atoms with van der Waals surface area (Å²) in [6.07, 6.45) is -4.40. The van der Waals surface area contributed by atoms with E-state index in [1.165, 1.54) is 30.3 Å². The Morgan fingerprint density at radius 3 is 2.38 bits per heavy atom. The molecule has 1 aliphatic heterocycles. The molecule has 3 aromatic rings. The van der Waals surface area contributed by atoms with E-state index < -0.39 is 11.7 Å². The number of hydrogen-bond donors (Lipinski definition) is 0. The largest absolute Gasteiger partial charge is 0.486 e. The monoisotopic (exact) mass is 448 g/mol. The highest BCUT2D eigenvalue weighted by Crippen LogP contribution is 2.32. The summed E-state index contributed by atoms with van der Waals surface area (Å²) >= 11 is 0. The highest BCUT2D eigenvalue weighted by molar-refractivity contribution is 5.91. The number of amides is 1. The van der Waals surface area contributed by atoms with E-state index in [-0.39, 0.29) is 24.1 Å². The smallest absolute Gasteiger partial charge is 0.416 e. The van der Waals surface area contributed by atoms with E-state index in [0.29, 0.717) is 43.4 Å². The van der Waals surface area contributed by atoms with E-state index in [4.69, 9.17) is 9.15 Å². The van der Waals surface area contributed by atoms with Crippen molar-refractivity contribution in [3.63, 3.8) is 0 Å². The minimum absolute atomic E-state index is 0.0856. The number of piperazine rings is 1. The number of nitrogens with zero attached hydrogens (tertiary/aromatic N) is 2. The molecule has 1 fully saturated rings. The van der Waals surface area contributed by atoms with E-state index >= 15 is 0 Å². The Morgan fingerprint density at radius 1 is 0.969 bits per heavy atom. The van der Waals surface area contributed by atoms with Gasteiger partial charge in [-0.1, -0.05) is 6.07 Å². The van der Waals surface area contributed by atoms with Gasteiger partial charge in [0.05, 0.1) is 5.56 Å². The average Bonchev–Trinajstić information content (AvgIpc) is 3.27. The van der Waals surface area contributed by atoms with Gasteiger partial charge in [-0.3, -0.25) is 4.79 Å². The second-order valence-corrected chi connectivity index (χ2v) is 7.34. The standard InChI is InChI=1S/C23H20F4N2O3/c24-17-4-6-19(7-5-17)31-15-20-8-9-21(32-20)22(30)29-12-10-28(11-13-29)18-3-1-2-16(14-18)23(25,26)27/h1-9,14H,10-13,15H2. The van der Waals surface area contributed by atoms with Crippen molar-refractivity contribution < 1.29 is 31.5 Å². The highest BCUT2D eigenvalue weighted by atomic mass is 19.4. The molecule has 0 aliphatic carbocycles. The molecule has 1 aliphatic rings. The summed E-state index contributed by atoms with van der Waals surface area (Å²) in [6.45, 7) is 1.62.